The van der Waals surface area contributed by atoms with Crippen molar-refractivity contribution in [3.05, 3.63) is 47.0 Å². The molecule has 0 N–H and O–H groups in total. The van der Waals surface area contributed by atoms with E-state index in [1.807, 2.05) is 0 Å². The Morgan fingerprint density at radius 3 is 2.44 bits per heavy atom. The Kier molecular flexibility index (Phi) is 4.14. The van der Waals surface area contributed by atoms with Crippen molar-refractivity contribution in [3.63, 3.8) is 0 Å². The molecule has 94 valence electrons. The second-order valence-corrected chi connectivity index (χ2v) is 4.77. The average Bonchev–Trinajstić information content (AvgIpc) is 2.39. The first-order chi connectivity index (χ1) is 8.81. The second-order valence-electron chi connectivity index (χ2n) is 4.77. The van der Waals surface area contributed by atoms with Crippen molar-refractivity contribution < 1.29 is 4.79 Å². The van der Waals surface area contributed by atoms with Crippen LogP contribution < -0.4 is 0 Å². The van der Waals surface area contributed by atoms with Gasteiger partial charge < -0.3 is 0 Å². The van der Waals surface area contributed by atoms with Crippen LogP contribution in [0.15, 0.2) is 30.3 Å². The van der Waals surface area contributed by atoms with Crippen molar-refractivity contribution in [2.24, 2.45) is 0 Å². The molecule has 0 saturated carbocycles. The fourth-order valence-corrected chi connectivity index (χ4v) is 2.64. The van der Waals surface area contributed by atoms with Gasteiger partial charge in [0.1, 0.15) is 0 Å². The normalized spacial score (nSPS) is 10.8. The number of aryl methyl sites for hydroxylation is 2. The SMILES string of the molecule is CCCc1cc2ccccc2c(CCC)c1C=O. The summed E-state index contributed by atoms with van der Waals surface area (Å²) in [6.07, 6.45) is 5.15. The van der Waals surface area contributed by atoms with E-state index >= 15 is 0 Å². The van der Waals surface area contributed by atoms with Crippen LogP contribution in [0.25, 0.3) is 10.8 Å². The van der Waals surface area contributed by atoms with Gasteiger partial charge in [0.25, 0.3) is 0 Å². The lowest BCUT2D eigenvalue weighted by Crippen LogP contribution is -2.01. The van der Waals surface area contributed by atoms with Gasteiger partial charge >= 0.3 is 0 Å². The molecule has 1 nitrogen and oxygen atoms in total. The summed E-state index contributed by atoms with van der Waals surface area (Å²) in [6, 6.07) is 10.6. The van der Waals surface area contributed by atoms with Crippen LogP contribution >= 0.6 is 0 Å². The molecule has 2 rings (SSSR count). The minimum Gasteiger partial charge on any atom is -0.298 e. The summed E-state index contributed by atoms with van der Waals surface area (Å²) >= 11 is 0. The molecule has 0 aliphatic carbocycles. The molecule has 2 aromatic rings. The van der Waals surface area contributed by atoms with Crippen molar-refractivity contribution in [3.8, 4) is 0 Å². The molecule has 18 heavy (non-hydrogen) atoms. The minimum absolute atomic E-state index is 0.928. The molecule has 0 unspecified atom stereocenters. The van der Waals surface area contributed by atoms with Crippen molar-refractivity contribution in [1.82, 2.24) is 0 Å². The molecule has 2 aromatic carbocycles. The maximum absolute atomic E-state index is 11.4. The molecule has 0 radical (unpaired) electrons. The van der Waals surface area contributed by atoms with E-state index < -0.39 is 0 Å². The molecule has 0 aliphatic rings. The van der Waals surface area contributed by atoms with Crippen molar-refractivity contribution in [2.75, 3.05) is 0 Å². The van der Waals surface area contributed by atoms with Crippen LogP contribution in [0.3, 0.4) is 0 Å². The Morgan fingerprint density at radius 2 is 1.78 bits per heavy atom. The quantitative estimate of drug-likeness (QED) is 0.700. The number of carbonyl (C=O) groups is 1. The number of aldehydes is 1. The maximum atomic E-state index is 11.4. The van der Waals surface area contributed by atoms with Gasteiger partial charge in [0.05, 0.1) is 0 Å². The van der Waals surface area contributed by atoms with Crippen LogP contribution in [-0.2, 0) is 12.8 Å². The third-order valence-electron chi connectivity index (χ3n) is 3.42. The Balaban J connectivity index is 2.73. The lowest BCUT2D eigenvalue weighted by molar-refractivity contribution is 0.112. The van der Waals surface area contributed by atoms with Crippen LogP contribution in [0.2, 0.25) is 0 Å². The van der Waals surface area contributed by atoms with Crippen LogP contribution in [0.4, 0.5) is 0 Å². The van der Waals surface area contributed by atoms with E-state index in [1.165, 1.54) is 21.9 Å². The summed E-state index contributed by atoms with van der Waals surface area (Å²) in [5, 5.41) is 2.50. The predicted octanol–water partition coefficient (Wildman–Crippen LogP) is 4.56. The zero-order chi connectivity index (χ0) is 13.0. The number of hydrogen-bond donors (Lipinski definition) is 0. The Morgan fingerprint density at radius 1 is 1.06 bits per heavy atom. The molecular weight excluding hydrogens is 220 g/mol. The Hall–Kier alpha value is -1.63. The molecule has 0 aliphatic heterocycles. The highest BCUT2D eigenvalue weighted by atomic mass is 16.1. The molecular formula is C17H20O. The van der Waals surface area contributed by atoms with Gasteiger partial charge in [-0.25, -0.2) is 0 Å². The monoisotopic (exact) mass is 240 g/mol. The highest BCUT2D eigenvalue weighted by Crippen LogP contribution is 2.27. The summed E-state index contributed by atoms with van der Waals surface area (Å²) in [5.74, 6) is 0. The smallest absolute Gasteiger partial charge is 0.150 e. The third kappa shape index (κ3) is 2.31. The zero-order valence-corrected chi connectivity index (χ0v) is 11.2. The minimum atomic E-state index is 0.928. The largest absolute Gasteiger partial charge is 0.298 e. The first-order valence-electron chi connectivity index (χ1n) is 6.80. The first kappa shape index (κ1) is 12.8. The number of rotatable bonds is 5. The molecule has 0 heterocycles. The zero-order valence-electron chi connectivity index (χ0n) is 11.2. The van der Waals surface area contributed by atoms with Crippen LogP contribution in [0, 0.1) is 0 Å². The highest BCUT2D eigenvalue weighted by Gasteiger charge is 2.11. The summed E-state index contributed by atoms with van der Waals surface area (Å²) in [7, 11) is 0. The number of benzene rings is 2. The molecule has 0 amide bonds. The fraction of sp³-hybridized carbons (Fsp3) is 0.353. The summed E-state index contributed by atoms with van der Waals surface area (Å²) < 4.78 is 0. The number of hydrogen-bond acceptors (Lipinski definition) is 1. The molecule has 0 aromatic heterocycles. The molecule has 0 saturated heterocycles. The number of carbonyl (C=O) groups excluding carboxylic acids is 1. The van der Waals surface area contributed by atoms with Gasteiger partial charge in [-0.1, -0.05) is 57.0 Å². The summed E-state index contributed by atoms with van der Waals surface area (Å²) in [5.41, 5.74) is 3.36. The Labute approximate surface area is 109 Å². The fourth-order valence-electron chi connectivity index (χ4n) is 2.64. The molecule has 0 bridgehead atoms. The maximum Gasteiger partial charge on any atom is 0.150 e. The van der Waals surface area contributed by atoms with Crippen LogP contribution in [-0.4, -0.2) is 6.29 Å². The van der Waals surface area contributed by atoms with Gasteiger partial charge in [0, 0.05) is 5.56 Å². The third-order valence-corrected chi connectivity index (χ3v) is 3.42. The number of fused-ring (bicyclic) bond motifs is 1. The lowest BCUT2D eigenvalue weighted by atomic mass is 9.90. The highest BCUT2D eigenvalue weighted by molar-refractivity contribution is 5.94. The van der Waals surface area contributed by atoms with Gasteiger partial charge in [-0.2, -0.15) is 0 Å². The second kappa shape index (κ2) is 5.81. The van der Waals surface area contributed by atoms with Gasteiger partial charge in [0.15, 0.2) is 6.29 Å². The standard InChI is InChI=1S/C17H20O/c1-3-7-13-11-14-9-5-6-10-15(14)16(8-4-2)17(13)12-18/h5-6,9-12H,3-4,7-8H2,1-2H3. The molecule has 0 atom stereocenters. The van der Waals surface area contributed by atoms with E-state index in [2.05, 4.69) is 44.2 Å². The first-order valence-corrected chi connectivity index (χ1v) is 6.80. The summed E-state index contributed by atoms with van der Waals surface area (Å²) in [6.45, 7) is 4.32. The van der Waals surface area contributed by atoms with Gasteiger partial charge in [-0.3, -0.25) is 4.79 Å². The van der Waals surface area contributed by atoms with Crippen LogP contribution in [0.5, 0.6) is 0 Å². The van der Waals surface area contributed by atoms with E-state index in [0.29, 0.717) is 0 Å². The topological polar surface area (TPSA) is 17.1 Å². The molecule has 0 fully saturated rings. The van der Waals surface area contributed by atoms with Gasteiger partial charge in [0.2, 0.25) is 0 Å². The predicted molar refractivity (Wildman–Crippen MR) is 77.3 cm³/mol. The van der Waals surface area contributed by atoms with E-state index in [-0.39, 0.29) is 0 Å². The van der Waals surface area contributed by atoms with Crippen LogP contribution in [0.1, 0.15) is 48.2 Å². The Bertz CT molecular complexity index is 555. The van der Waals surface area contributed by atoms with E-state index in [1.54, 1.807) is 0 Å². The van der Waals surface area contributed by atoms with E-state index in [4.69, 9.17) is 0 Å². The van der Waals surface area contributed by atoms with Gasteiger partial charge in [-0.05, 0) is 34.7 Å². The lowest BCUT2D eigenvalue weighted by Gasteiger charge is -2.13. The summed E-state index contributed by atoms with van der Waals surface area (Å²) in [4.78, 5) is 11.4. The molecule has 1 heteroatoms. The van der Waals surface area contributed by atoms with Crippen molar-refractivity contribution in [1.29, 1.82) is 0 Å². The molecule has 0 spiro atoms. The average molecular weight is 240 g/mol. The van der Waals surface area contributed by atoms with E-state index in [9.17, 15) is 4.79 Å². The van der Waals surface area contributed by atoms with Crippen molar-refractivity contribution in [2.45, 2.75) is 39.5 Å². The van der Waals surface area contributed by atoms with Gasteiger partial charge in [-0.15, -0.1) is 0 Å². The van der Waals surface area contributed by atoms with Crippen molar-refractivity contribution >= 4 is 17.1 Å². The van der Waals surface area contributed by atoms with E-state index in [0.717, 1.165) is 37.5 Å².